The van der Waals surface area contributed by atoms with E-state index in [0.717, 1.165) is 57.0 Å². The molecule has 1 saturated heterocycles. The topological polar surface area (TPSA) is 41.9 Å². The van der Waals surface area contributed by atoms with Crippen molar-refractivity contribution >= 4 is 0 Å². The molecule has 2 unspecified atom stereocenters. The molecule has 158 valence electrons. The Morgan fingerprint density at radius 3 is 2.62 bits per heavy atom. The molecule has 29 heavy (non-hydrogen) atoms. The lowest BCUT2D eigenvalue weighted by atomic mass is 9.88. The quantitative estimate of drug-likeness (QED) is 0.591. The number of aliphatic hydroxyl groups excluding tert-OH is 1. The van der Waals surface area contributed by atoms with E-state index < -0.39 is 0 Å². The normalized spacial score (nSPS) is 19.8. The van der Waals surface area contributed by atoms with Gasteiger partial charge in [0.2, 0.25) is 0 Å². The van der Waals surface area contributed by atoms with E-state index in [0.29, 0.717) is 0 Å². The average molecular weight is 398 g/mol. The highest BCUT2D eigenvalue weighted by molar-refractivity contribution is 5.43. The summed E-state index contributed by atoms with van der Waals surface area (Å²) in [7, 11) is 1.69. The second-order valence-corrected chi connectivity index (χ2v) is 8.08. The van der Waals surface area contributed by atoms with Crippen molar-refractivity contribution in [1.82, 2.24) is 4.90 Å². The first kappa shape index (κ1) is 21.7. The number of methoxy groups -OCH3 is 1. The molecule has 0 radical (unpaired) electrons. The molecule has 2 aromatic carbocycles. The Hall–Kier alpha value is -2.04. The minimum absolute atomic E-state index is 0.230. The van der Waals surface area contributed by atoms with Gasteiger partial charge in [-0.05, 0) is 42.5 Å². The van der Waals surface area contributed by atoms with Crippen LogP contribution in [0.1, 0.15) is 43.7 Å². The minimum Gasteiger partial charge on any atom is -0.493 e. The molecular weight excluding hydrogens is 362 g/mol. The zero-order valence-corrected chi connectivity index (χ0v) is 17.8. The number of benzene rings is 2. The second-order valence-electron chi connectivity index (χ2n) is 8.08. The SMILES string of the molecule is CCCCCOc1ccc(CC2CN(Cc3ccccc3)CCC2O)cc1OC. The van der Waals surface area contributed by atoms with Crippen LogP contribution in [0, 0.1) is 5.92 Å². The van der Waals surface area contributed by atoms with Gasteiger partial charge in [-0.3, -0.25) is 4.90 Å². The molecule has 4 nitrogen and oxygen atoms in total. The predicted molar refractivity (Wildman–Crippen MR) is 118 cm³/mol. The third-order valence-electron chi connectivity index (χ3n) is 5.76. The summed E-state index contributed by atoms with van der Waals surface area (Å²) in [5.74, 6) is 1.82. The van der Waals surface area contributed by atoms with Crippen LogP contribution in [0.4, 0.5) is 0 Å². The number of hydrogen-bond acceptors (Lipinski definition) is 4. The molecule has 1 heterocycles. The average Bonchev–Trinajstić information content (AvgIpc) is 2.75. The second kappa shape index (κ2) is 11.2. The lowest BCUT2D eigenvalue weighted by Gasteiger charge is -2.36. The third-order valence-corrected chi connectivity index (χ3v) is 5.76. The van der Waals surface area contributed by atoms with Crippen molar-refractivity contribution < 1.29 is 14.6 Å². The fraction of sp³-hybridized carbons (Fsp3) is 0.520. The maximum atomic E-state index is 10.6. The number of aliphatic hydroxyl groups is 1. The van der Waals surface area contributed by atoms with E-state index in [1.807, 2.05) is 6.07 Å². The smallest absolute Gasteiger partial charge is 0.161 e. The highest BCUT2D eigenvalue weighted by atomic mass is 16.5. The van der Waals surface area contributed by atoms with Crippen LogP contribution in [0.2, 0.25) is 0 Å². The van der Waals surface area contributed by atoms with E-state index in [2.05, 4.69) is 54.3 Å². The molecule has 1 N–H and O–H groups in total. The summed E-state index contributed by atoms with van der Waals surface area (Å²) in [6.45, 7) is 5.71. The molecule has 2 atom stereocenters. The van der Waals surface area contributed by atoms with Gasteiger partial charge in [-0.2, -0.15) is 0 Å². The molecule has 0 saturated carbocycles. The number of ether oxygens (including phenoxy) is 2. The van der Waals surface area contributed by atoms with E-state index in [9.17, 15) is 5.11 Å². The first-order chi connectivity index (χ1) is 14.2. The van der Waals surface area contributed by atoms with Gasteiger partial charge in [0.05, 0.1) is 19.8 Å². The number of nitrogens with zero attached hydrogens (tertiary/aromatic N) is 1. The van der Waals surface area contributed by atoms with Gasteiger partial charge in [-0.1, -0.05) is 56.2 Å². The predicted octanol–water partition coefficient (Wildman–Crippen LogP) is 4.69. The van der Waals surface area contributed by atoms with E-state index in [-0.39, 0.29) is 12.0 Å². The van der Waals surface area contributed by atoms with Crippen LogP contribution in [-0.4, -0.2) is 42.9 Å². The molecule has 0 spiro atoms. The van der Waals surface area contributed by atoms with Crippen molar-refractivity contribution in [2.45, 2.75) is 51.7 Å². The van der Waals surface area contributed by atoms with Gasteiger partial charge in [0, 0.05) is 25.6 Å². The van der Waals surface area contributed by atoms with Gasteiger partial charge < -0.3 is 14.6 Å². The standard InChI is InChI=1S/C25H35NO3/c1-3-4-8-15-29-24-12-11-21(17-25(24)28-2)16-22-19-26(14-13-23(22)27)18-20-9-6-5-7-10-20/h5-7,9-12,17,22-23,27H,3-4,8,13-16,18-19H2,1-2H3. The molecule has 0 amide bonds. The number of unbranched alkanes of at least 4 members (excludes halogenated alkanes) is 2. The Morgan fingerprint density at radius 2 is 1.86 bits per heavy atom. The van der Waals surface area contributed by atoms with Crippen LogP contribution in [0.25, 0.3) is 0 Å². The van der Waals surface area contributed by atoms with Crippen LogP contribution in [0.5, 0.6) is 11.5 Å². The molecule has 1 aliphatic heterocycles. The Labute approximate surface area is 175 Å². The van der Waals surface area contributed by atoms with E-state index in [1.54, 1.807) is 7.11 Å². The van der Waals surface area contributed by atoms with Crippen LogP contribution < -0.4 is 9.47 Å². The van der Waals surface area contributed by atoms with Crippen molar-refractivity contribution in [2.75, 3.05) is 26.8 Å². The summed E-state index contributed by atoms with van der Waals surface area (Å²) in [4.78, 5) is 2.45. The summed E-state index contributed by atoms with van der Waals surface area (Å²) in [5.41, 5.74) is 2.52. The highest BCUT2D eigenvalue weighted by Gasteiger charge is 2.28. The Kier molecular flexibility index (Phi) is 8.38. The monoisotopic (exact) mass is 397 g/mol. The van der Waals surface area contributed by atoms with Crippen LogP contribution in [-0.2, 0) is 13.0 Å². The first-order valence-corrected chi connectivity index (χ1v) is 10.9. The van der Waals surface area contributed by atoms with E-state index >= 15 is 0 Å². The summed E-state index contributed by atoms with van der Waals surface area (Å²) in [6.07, 6.45) is 4.85. The van der Waals surface area contributed by atoms with Crippen molar-refractivity contribution in [3.8, 4) is 11.5 Å². The minimum atomic E-state index is -0.252. The number of piperidine rings is 1. The molecule has 0 aliphatic carbocycles. The van der Waals surface area contributed by atoms with Gasteiger partial charge in [-0.15, -0.1) is 0 Å². The lowest BCUT2D eigenvalue weighted by Crippen LogP contribution is -2.43. The number of hydrogen-bond donors (Lipinski definition) is 1. The van der Waals surface area contributed by atoms with Crippen LogP contribution in [0.3, 0.4) is 0 Å². The number of likely N-dealkylation sites (tertiary alicyclic amines) is 1. The summed E-state index contributed by atoms with van der Waals surface area (Å²) >= 11 is 0. The van der Waals surface area contributed by atoms with Crippen LogP contribution >= 0.6 is 0 Å². The maximum absolute atomic E-state index is 10.6. The molecule has 4 heteroatoms. The zero-order valence-electron chi connectivity index (χ0n) is 17.8. The Bertz CT molecular complexity index is 734. The fourth-order valence-corrected chi connectivity index (χ4v) is 4.08. The molecule has 1 fully saturated rings. The first-order valence-electron chi connectivity index (χ1n) is 10.9. The van der Waals surface area contributed by atoms with Gasteiger partial charge in [0.15, 0.2) is 11.5 Å². The molecule has 1 aliphatic rings. The molecule has 0 bridgehead atoms. The fourth-order valence-electron chi connectivity index (χ4n) is 4.08. The largest absolute Gasteiger partial charge is 0.493 e. The lowest BCUT2D eigenvalue weighted by molar-refractivity contribution is 0.0239. The van der Waals surface area contributed by atoms with Gasteiger partial charge in [0.1, 0.15) is 0 Å². The Balaban J connectivity index is 1.59. The van der Waals surface area contributed by atoms with Gasteiger partial charge in [-0.25, -0.2) is 0 Å². The zero-order chi connectivity index (χ0) is 20.5. The van der Waals surface area contributed by atoms with Crippen molar-refractivity contribution in [3.05, 3.63) is 59.7 Å². The molecular formula is C25H35NO3. The maximum Gasteiger partial charge on any atom is 0.161 e. The van der Waals surface area contributed by atoms with Crippen molar-refractivity contribution in [1.29, 1.82) is 0 Å². The Morgan fingerprint density at radius 1 is 1.03 bits per heavy atom. The third kappa shape index (κ3) is 6.48. The van der Waals surface area contributed by atoms with E-state index in [1.165, 1.54) is 24.0 Å². The molecule has 3 rings (SSSR count). The highest BCUT2D eigenvalue weighted by Crippen LogP contribution is 2.31. The van der Waals surface area contributed by atoms with Gasteiger partial charge in [0.25, 0.3) is 0 Å². The van der Waals surface area contributed by atoms with Gasteiger partial charge >= 0.3 is 0 Å². The summed E-state index contributed by atoms with van der Waals surface area (Å²) in [6, 6.07) is 16.8. The molecule has 0 aromatic heterocycles. The number of rotatable bonds is 10. The van der Waals surface area contributed by atoms with Crippen molar-refractivity contribution in [3.63, 3.8) is 0 Å². The molecule has 2 aromatic rings. The summed E-state index contributed by atoms with van der Waals surface area (Å²) in [5, 5.41) is 10.6. The van der Waals surface area contributed by atoms with E-state index in [4.69, 9.17) is 9.47 Å². The summed E-state index contributed by atoms with van der Waals surface area (Å²) < 4.78 is 11.5. The van der Waals surface area contributed by atoms with Crippen LogP contribution in [0.15, 0.2) is 48.5 Å². The van der Waals surface area contributed by atoms with Crippen molar-refractivity contribution in [2.24, 2.45) is 5.92 Å².